The Morgan fingerprint density at radius 1 is 1.11 bits per heavy atom. The molecule has 1 heterocycles. The lowest BCUT2D eigenvalue weighted by atomic mass is 9.55. The van der Waals surface area contributed by atoms with Gasteiger partial charge in [-0.25, -0.2) is 0 Å². The van der Waals surface area contributed by atoms with Crippen molar-refractivity contribution < 1.29 is 19.0 Å². The Morgan fingerprint density at radius 3 is 2.58 bits per heavy atom. The minimum absolute atomic E-state index is 0.0490. The van der Waals surface area contributed by atoms with E-state index in [2.05, 4.69) is 35.0 Å². The number of likely N-dealkylation sites (tertiary alicyclic amines) is 1. The number of carbonyl (C=O) groups excluding carboxylic acids is 1. The molecule has 3 unspecified atom stereocenters. The molecule has 2 fully saturated rings. The Balaban J connectivity index is 1.58. The van der Waals surface area contributed by atoms with Crippen molar-refractivity contribution in [3.8, 4) is 11.5 Å². The molecule has 4 rings (SSSR count). The Bertz CT molecular complexity index is 1100. The molecule has 2 aromatic rings. The van der Waals surface area contributed by atoms with Gasteiger partial charge in [0.2, 0.25) is 5.91 Å². The van der Waals surface area contributed by atoms with Crippen LogP contribution in [0.2, 0.25) is 0 Å². The number of nitrogens with zero attached hydrogens (tertiary/aromatic N) is 1. The molecule has 1 N–H and O–H groups in total. The van der Waals surface area contributed by atoms with E-state index in [0.29, 0.717) is 0 Å². The number of hydrogen-bond donors (Lipinski definition) is 1. The lowest BCUT2D eigenvalue weighted by molar-refractivity contribution is -0.148. The lowest BCUT2D eigenvalue weighted by Gasteiger charge is -2.59. The van der Waals surface area contributed by atoms with Gasteiger partial charge in [0, 0.05) is 37.7 Å². The molecule has 6 heteroatoms. The monoisotopic (exact) mass is 490 g/mol. The summed E-state index contributed by atoms with van der Waals surface area (Å²) in [5, 5.41) is 3.28. The second kappa shape index (κ2) is 11.3. The number of fused-ring (bicyclic) bond motifs is 1. The molecule has 6 nitrogen and oxygen atoms in total. The molecule has 1 aliphatic heterocycles. The molecule has 1 amide bonds. The number of carbonyl (C=O) groups is 1. The van der Waals surface area contributed by atoms with Crippen LogP contribution in [0, 0.1) is 0 Å². The molecular formula is C30H38N2O4. The van der Waals surface area contributed by atoms with Crippen molar-refractivity contribution in [3.05, 3.63) is 78.4 Å². The van der Waals surface area contributed by atoms with E-state index in [1.807, 2.05) is 49.6 Å². The second-order valence-corrected chi connectivity index (χ2v) is 9.84. The van der Waals surface area contributed by atoms with Crippen molar-refractivity contribution in [2.75, 3.05) is 41.0 Å². The Morgan fingerprint density at radius 2 is 1.86 bits per heavy atom. The summed E-state index contributed by atoms with van der Waals surface area (Å²) in [5.74, 6) is 1.52. The van der Waals surface area contributed by atoms with Crippen LogP contribution in [0.4, 0.5) is 0 Å². The highest BCUT2D eigenvalue weighted by Gasteiger charge is 2.58. The summed E-state index contributed by atoms with van der Waals surface area (Å²) >= 11 is 0. The highest BCUT2D eigenvalue weighted by Crippen LogP contribution is 2.53. The van der Waals surface area contributed by atoms with Gasteiger partial charge < -0.3 is 19.5 Å². The zero-order chi connectivity index (χ0) is 25.6. The van der Waals surface area contributed by atoms with Crippen LogP contribution < -0.4 is 14.8 Å². The minimum atomic E-state index is -0.349. The number of rotatable bonds is 9. The molecule has 192 valence electrons. The molecule has 0 bridgehead atoms. The number of hydrogen-bond acceptors (Lipinski definition) is 5. The first-order valence-corrected chi connectivity index (χ1v) is 12.6. The van der Waals surface area contributed by atoms with Gasteiger partial charge in [0.1, 0.15) is 11.5 Å². The molecular weight excluding hydrogens is 452 g/mol. The van der Waals surface area contributed by atoms with Gasteiger partial charge in [-0.05, 0) is 73.7 Å². The summed E-state index contributed by atoms with van der Waals surface area (Å²) < 4.78 is 17.3. The lowest BCUT2D eigenvalue weighted by Crippen LogP contribution is -2.67. The molecule has 0 spiro atoms. The predicted molar refractivity (Wildman–Crippen MR) is 143 cm³/mol. The SMILES string of the molecule is C=CCN1CCC2(c3cccc(OC)c3)CC(NC(=O)/C=C/c3cccc(OC)c3)CCC2(OC)C1. The zero-order valence-electron chi connectivity index (χ0n) is 21.7. The Hall–Kier alpha value is -3.09. The summed E-state index contributed by atoms with van der Waals surface area (Å²) in [7, 11) is 5.17. The van der Waals surface area contributed by atoms with Crippen molar-refractivity contribution in [2.45, 2.75) is 42.7 Å². The fourth-order valence-corrected chi connectivity index (χ4v) is 6.14. The first-order chi connectivity index (χ1) is 17.5. The van der Waals surface area contributed by atoms with E-state index in [-0.39, 0.29) is 23.0 Å². The number of nitrogens with one attached hydrogen (secondary N) is 1. The van der Waals surface area contributed by atoms with Gasteiger partial charge in [0.25, 0.3) is 0 Å². The highest BCUT2D eigenvalue weighted by molar-refractivity contribution is 5.92. The van der Waals surface area contributed by atoms with Gasteiger partial charge in [-0.2, -0.15) is 0 Å². The molecule has 1 saturated carbocycles. The fourth-order valence-electron chi connectivity index (χ4n) is 6.14. The summed E-state index contributed by atoms with van der Waals surface area (Å²) in [6.45, 7) is 6.57. The topological polar surface area (TPSA) is 60.0 Å². The molecule has 1 aliphatic carbocycles. The van der Waals surface area contributed by atoms with Crippen LogP contribution in [0.1, 0.15) is 36.8 Å². The van der Waals surface area contributed by atoms with E-state index in [9.17, 15) is 4.79 Å². The third-order valence-corrected chi connectivity index (χ3v) is 7.97. The van der Waals surface area contributed by atoms with Gasteiger partial charge in [-0.15, -0.1) is 6.58 Å². The molecule has 36 heavy (non-hydrogen) atoms. The summed E-state index contributed by atoms with van der Waals surface area (Å²) in [6, 6.07) is 16.1. The van der Waals surface area contributed by atoms with Gasteiger partial charge in [0.05, 0.1) is 19.8 Å². The van der Waals surface area contributed by atoms with Gasteiger partial charge in [-0.1, -0.05) is 30.3 Å². The van der Waals surface area contributed by atoms with Crippen LogP contribution in [0.5, 0.6) is 11.5 Å². The van der Waals surface area contributed by atoms with Gasteiger partial charge >= 0.3 is 0 Å². The smallest absolute Gasteiger partial charge is 0.244 e. The number of ether oxygens (including phenoxy) is 3. The molecule has 1 saturated heterocycles. The van der Waals surface area contributed by atoms with Gasteiger partial charge in [0.15, 0.2) is 0 Å². The van der Waals surface area contributed by atoms with Crippen molar-refractivity contribution in [1.29, 1.82) is 0 Å². The minimum Gasteiger partial charge on any atom is -0.497 e. The fraction of sp³-hybridized carbons (Fsp3) is 0.433. The van der Waals surface area contributed by atoms with Crippen molar-refractivity contribution >= 4 is 12.0 Å². The van der Waals surface area contributed by atoms with Crippen molar-refractivity contribution in [1.82, 2.24) is 10.2 Å². The maximum absolute atomic E-state index is 12.9. The second-order valence-electron chi connectivity index (χ2n) is 9.84. The van der Waals surface area contributed by atoms with E-state index < -0.39 is 0 Å². The van der Waals surface area contributed by atoms with Crippen LogP contribution >= 0.6 is 0 Å². The standard InChI is InChI=1S/C30H38N2O4/c1-5-17-32-18-16-29(24-9-7-11-27(20-24)35-3)21-25(14-15-30(29,22-32)36-4)31-28(33)13-12-23-8-6-10-26(19-23)34-2/h5-13,19-20,25H,1,14-18,21-22H2,2-4H3,(H,31,33)/b13-12+. The zero-order valence-corrected chi connectivity index (χ0v) is 21.7. The summed E-state index contributed by atoms with van der Waals surface area (Å²) in [5.41, 5.74) is 1.56. The van der Waals surface area contributed by atoms with E-state index in [4.69, 9.17) is 14.2 Å². The third kappa shape index (κ3) is 5.20. The van der Waals surface area contributed by atoms with Crippen LogP contribution in [0.15, 0.2) is 67.3 Å². The van der Waals surface area contributed by atoms with E-state index in [1.54, 1.807) is 20.3 Å². The summed E-state index contributed by atoms with van der Waals surface area (Å²) in [6.07, 6.45) is 8.87. The Kier molecular flexibility index (Phi) is 8.17. The molecule has 0 aromatic heterocycles. The number of amides is 1. The number of piperidine rings is 1. The van der Waals surface area contributed by atoms with Gasteiger partial charge in [-0.3, -0.25) is 9.69 Å². The number of methoxy groups -OCH3 is 3. The molecule has 2 aromatic carbocycles. The van der Waals surface area contributed by atoms with E-state index >= 15 is 0 Å². The predicted octanol–water partition coefficient (Wildman–Crippen LogP) is 4.60. The maximum atomic E-state index is 12.9. The molecule has 2 aliphatic rings. The summed E-state index contributed by atoms with van der Waals surface area (Å²) in [4.78, 5) is 15.3. The first kappa shape index (κ1) is 26.0. The van der Waals surface area contributed by atoms with E-state index in [0.717, 1.165) is 62.4 Å². The number of benzene rings is 2. The van der Waals surface area contributed by atoms with Crippen molar-refractivity contribution in [2.24, 2.45) is 0 Å². The average molecular weight is 491 g/mol. The van der Waals surface area contributed by atoms with Crippen LogP contribution in [0.25, 0.3) is 6.08 Å². The average Bonchev–Trinajstić information content (AvgIpc) is 2.92. The maximum Gasteiger partial charge on any atom is 0.244 e. The Labute approximate surface area is 214 Å². The first-order valence-electron chi connectivity index (χ1n) is 12.6. The van der Waals surface area contributed by atoms with Crippen LogP contribution in [-0.4, -0.2) is 63.4 Å². The molecule has 3 atom stereocenters. The van der Waals surface area contributed by atoms with E-state index in [1.165, 1.54) is 5.56 Å². The largest absolute Gasteiger partial charge is 0.497 e. The van der Waals surface area contributed by atoms with Crippen molar-refractivity contribution in [3.63, 3.8) is 0 Å². The van der Waals surface area contributed by atoms with Crippen LogP contribution in [0.3, 0.4) is 0 Å². The normalized spacial score (nSPS) is 26.2. The quantitative estimate of drug-likeness (QED) is 0.411. The third-order valence-electron chi connectivity index (χ3n) is 7.97. The van der Waals surface area contributed by atoms with Crippen LogP contribution in [-0.2, 0) is 14.9 Å². The highest BCUT2D eigenvalue weighted by atomic mass is 16.5. The molecule has 0 radical (unpaired) electrons.